The second-order valence-corrected chi connectivity index (χ2v) is 4.78. The van der Waals surface area contributed by atoms with Crippen LogP contribution in [0.1, 0.15) is 36.9 Å². The number of carbonyl (C=O) groups is 2. The van der Waals surface area contributed by atoms with Gasteiger partial charge in [-0.15, -0.1) is 0 Å². The molecule has 1 atom stereocenters. The Balaban J connectivity index is 2.35. The second kappa shape index (κ2) is 8.32. The molecule has 0 fully saturated rings. The van der Waals surface area contributed by atoms with Crippen molar-refractivity contribution in [3.8, 4) is 0 Å². The molecule has 0 aromatic heterocycles. The highest BCUT2D eigenvalue weighted by atomic mass is 16.2. The van der Waals surface area contributed by atoms with Gasteiger partial charge in [0.05, 0.1) is 0 Å². The Bertz CT molecular complexity index is 443. The lowest BCUT2D eigenvalue weighted by molar-refractivity contribution is -0.123. The van der Waals surface area contributed by atoms with Crippen molar-refractivity contribution in [1.29, 1.82) is 0 Å². The first-order valence-corrected chi connectivity index (χ1v) is 6.91. The van der Waals surface area contributed by atoms with E-state index in [0.717, 1.165) is 17.5 Å². The molecular weight excluding hydrogens is 254 g/mol. The van der Waals surface area contributed by atoms with Gasteiger partial charge in [-0.1, -0.05) is 36.8 Å². The number of rotatable bonds is 7. The minimum atomic E-state index is -0.700. The summed E-state index contributed by atoms with van der Waals surface area (Å²) < 4.78 is 0. The van der Waals surface area contributed by atoms with Gasteiger partial charge in [0.25, 0.3) is 0 Å². The number of aryl methyl sites for hydroxylation is 1. The van der Waals surface area contributed by atoms with Gasteiger partial charge in [-0.2, -0.15) is 0 Å². The Hall–Kier alpha value is -1.88. The van der Waals surface area contributed by atoms with Crippen LogP contribution in [0.2, 0.25) is 0 Å². The van der Waals surface area contributed by atoms with Crippen LogP contribution in [-0.4, -0.2) is 24.9 Å². The van der Waals surface area contributed by atoms with Crippen molar-refractivity contribution in [3.63, 3.8) is 0 Å². The van der Waals surface area contributed by atoms with E-state index in [2.05, 4.69) is 10.6 Å². The Morgan fingerprint density at radius 1 is 1.15 bits per heavy atom. The summed E-state index contributed by atoms with van der Waals surface area (Å²) >= 11 is 0. The summed E-state index contributed by atoms with van der Waals surface area (Å²) in [6, 6.07) is 6.82. The van der Waals surface area contributed by atoms with Crippen LogP contribution in [0.3, 0.4) is 0 Å². The van der Waals surface area contributed by atoms with Crippen molar-refractivity contribution < 1.29 is 9.59 Å². The Morgan fingerprint density at radius 3 is 2.40 bits per heavy atom. The summed E-state index contributed by atoms with van der Waals surface area (Å²) in [5, 5.41) is 5.43. The molecule has 0 aliphatic carbocycles. The molecule has 0 spiro atoms. The zero-order valence-electron chi connectivity index (χ0n) is 12.1. The van der Waals surface area contributed by atoms with E-state index >= 15 is 0 Å². The van der Waals surface area contributed by atoms with Crippen molar-refractivity contribution in [3.05, 3.63) is 35.4 Å². The molecule has 0 radical (unpaired) electrons. The third kappa shape index (κ3) is 5.40. The number of nitrogens with two attached hydrogens (primary N) is 1. The summed E-state index contributed by atoms with van der Waals surface area (Å²) in [7, 11) is 0. The van der Waals surface area contributed by atoms with Crippen molar-refractivity contribution in [2.24, 2.45) is 5.73 Å². The van der Waals surface area contributed by atoms with E-state index in [-0.39, 0.29) is 18.2 Å². The average Bonchev–Trinajstić information content (AvgIpc) is 2.45. The molecule has 5 heteroatoms. The lowest BCUT2D eigenvalue weighted by atomic mass is 10.1. The molecule has 1 aromatic rings. The first-order valence-electron chi connectivity index (χ1n) is 6.91. The summed E-state index contributed by atoms with van der Waals surface area (Å²) in [6.07, 6.45) is 1.17. The van der Waals surface area contributed by atoms with Crippen molar-refractivity contribution in [1.82, 2.24) is 10.6 Å². The fraction of sp³-hybridized carbons (Fsp3) is 0.467. The van der Waals surface area contributed by atoms with Crippen LogP contribution in [0.15, 0.2) is 24.3 Å². The molecule has 1 rings (SSSR count). The van der Waals surface area contributed by atoms with Crippen LogP contribution in [-0.2, 0) is 9.59 Å². The SMILES string of the molecule is CCCNC(=O)CCNC(=O)C(N)c1ccc(C)cc1. The zero-order valence-corrected chi connectivity index (χ0v) is 12.1. The molecule has 0 saturated heterocycles. The minimum Gasteiger partial charge on any atom is -0.356 e. The van der Waals surface area contributed by atoms with Crippen LogP contribution < -0.4 is 16.4 Å². The number of carbonyl (C=O) groups excluding carboxylic acids is 2. The largest absolute Gasteiger partial charge is 0.356 e. The third-order valence-electron chi connectivity index (χ3n) is 2.94. The van der Waals surface area contributed by atoms with Gasteiger partial charge in [0.15, 0.2) is 0 Å². The van der Waals surface area contributed by atoms with Crippen molar-refractivity contribution in [2.75, 3.05) is 13.1 Å². The highest BCUT2D eigenvalue weighted by Gasteiger charge is 2.15. The molecular formula is C15H23N3O2. The van der Waals surface area contributed by atoms with Crippen LogP contribution >= 0.6 is 0 Å². The maximum absolute atomic E-state index is 11.9. The fourth-order valence-corrected chi connectivity index (χ4v) is 1.69. The summed E-state index contributed by atoms with van der Waals surface area (Å²) in [6.45, 7) is 4.93. The topological polar surface area (TPSA) is 84.2 Å². The molecule has 0 heterocycles. The molecule has 4 N–H and O–H groups in total. The fourth-order valence-electron chi connectivity index (χ4n) is 1.69. The quantitative estimate of drug-likeness (QED) is 0.696. The van der Waals surface area contributed by atoms with Crippen molar-refractivity contribution >= 4 is 11.8 Å². The lowest BCUT2D eigenvalue weighted by Gasteiger charge is -2.12. The van der Waals surface area contributed by atoms with Crippen LogP contribution in [0.25, 0.3) is 0 Å². The van der Waals surface area contributed by atoms with Gasteiger partial charge >= 0.3 is 0 Å². The molecule has 0 saturated carbocycles. The summed E-state index contributed by atoms with van der Waals surface area (Å²) in [4.78, 5) is 23.2. The molecule has 2 amide bonds. The van der Waals surface area contributed by atoms with Gasteiger partial charge in [0.2, 0.25) is 11.8 Å². The van der Waals surface area contributed by atoms with Crippen LogP contribution in [0.4, 0.5) is 0 Å². The average molecular weight is 277 g/mol. The van der Waals surface area contributed by atoms with Gasteiger partial charge in [0, 0.05) is 19.5 Å². The standard InChI is InChI=1S/C15H23N3O2/c1-3-9-17-13(19)8-10-18-15(20)14(16)12-6-4-11(2)5-7-12/h4-7,14H,3,8-10,16H2,1-2H3,(H,17,19)(H,18,20). The summed E-state index contributed by atoms with van der Waals surface area (Å²) in [5.41, 5.74) is 7.76. The zero-order chi connectivity index (χ0) is 15.0. The maximum Gasteiger partial charge on any atom is 0.241 e. The van der Waals surface area contributed by atoms with E-state index in [1.165, 1.54) is 0 Å². The van der Waals surface area contributed by atoms with Gasteiger partial charge in [-0.05, 0) is 18.9 Å². The van der Waals surface area contributed by atoms with E-state index < -0.39 is 6.04 Å². The molecule has 5 nitrogen and oxygen atoms in total. The Labute approximate surface area is 119 Å². The van der Waals surface area contributed by atoms with Gasteiger partial charge in [-0.25, -0.2) is 0 Å². The number of benzene rings is 1. The van der Waals surface area contributed by atoms with E-state index in [4.69, 9.17) is 5.73 Å². The van der Waals surface area contributed by atoms with Crippen molar-refractivity contribution in [2.45, 2.75) is 32.7 Å². The minimum absolute atomic E-state index is 0.0592. The van der Waals surface area contributed by atoms with Gasteiger partial charge in [-0.3, -0.25) is 9.59 Å². The molecule has 1 aromatic carbocycles. The molecule has 20 heavy (non-hydrogen) atoms. The number of nitrogens with one attached hydrogen (secondary N) is 2. The monoisotopic (exact) mass is 277 g/mol. The molecule has 0 bridgehead atoms. The smallest absolute Gasteiger partial charge is 0.241 e. The van der Waals surface area contributed by atoms with Gasteiger partial charge in [0.1, 0.15) is 6.04 Å². The predicted molar refractivity (Wildman–Crippen MR) is 79.0 cm³/mol. The second-order valence-electron chi connectivity index (χ2n) is 4.78. The molecule has 0 aliphatic rings. The predicted octanol–water partition coefficient (Wildman–Crippen LogP) is 1.03. The molecule has 1 unspecified atom stereocenters. The first kappa shape index (κ1) is 16.2. The van der Waals surface area contributed by atoms with E-state index in [9.17, 15) is 9.59 Å². The van der Waals surface area contributed by atoms with E-state index in [1.54, 1.807) is 0 Å². The van der Waals surface area contributed by atoms with E-state index in [1.807, 2.05) is 38.1 Å². The number of hydrogen-bond acceptors (Lipinski definition) is 3. The van der Waals surface area contributed by atoms with E-state index in [0.29, 0.717) is 13.1 Å². The van der Waals surface area contributed by atoms with Crippen LogP contribution in [0.5, 0.6) is 0 Å². The maximum atomic E-state index is 11.9. The summed E-state index contributed by atoms with van der Waals surface area (Å²) in [5.74, 6) is -0.326. The normalized spacial score (nSPS) is 11.8. The Morgan fingerprint density at radius 2 is 1.80 bits per heavy atom. The number of amides is 2. The Kier molecular flexibility index (Phi) is 6.73. The third-order valence-corrected chi connectivity index (χ3v) is 2.94. The molecule has 0 aliphatic heterocycles. The highest BCUT2D eigenvalue weighted by Crippen LogP contribution is 2.11. The van der Waals surface area contributed by atoms with Gasteiger partial charge < -0.3 is 16.4 Å². The first-order chi connectivity index (χ1) is 9.54. The highest BCUT2D eigenvalue weighted by molar-refractivity contribution is 5.83. The molecule has 110 valence electrons. The number of hydrogen-bond donors (Lipinski definition) is 3. The lowest BCUT2D eigenvalue weighted by Crippen LogP contribution is -2.36. The van der Waals surface area contributed by atoms with Crippen LogP contribution in [0, 0.1) is 6.92 Å².